The van der Waals surface area contributed by atoms with Crippen LogP contribution in [0.2, 0.25) is 0 Å². The molecule has 3 rings (SSSR count). The van der Waals surface area contributed by atoms with Gasteiger partial charge in [-0.05, 0) is 19.8 Å². The van der Waals surface area contributed by atoms with Gasteiger partial charge in [0.2, 0.25) is 5.91 Å². The third-order valence-electron chi connectivity index (χ3n) is 4.29. The summed E-state index contributed by atoms with van der Waals surface area (Å²) in [6, 6.07) is 0.320. The van der Waals surface area contributed by atoms with Gasteiger partial charge in [-0.25, -0.2) is 4.98 Å². The van der Waals surface area contributed by atoms with Crippen LogP contribution >= 0.6 is 47.9 Å². The molecular weight excluding hydrogens is 373 g/mol. The predicted molar refractivity (Wildman–Crippen MR) is 103 cm³/mol. The number of thiazole rings is 1. The predicted octanol–water partition coefficient (Wildman–Crippen LogP) is 3.28. The van der Waals surface area contributed by atoms with E-state index < -0.39 is 0 Å². The topological polar surface area (TPSA) is 54.0 Å². The van der Waals surface area contributed by atoms with E-state index in [9.17, 15) is 4.79 Å². The minimum absolute atomic E-state index is 0. The number of rotatable bonds is 4. The SMILES string of the molecule is Cc1csc(C2(NC(=O)CC3CSCCN3)CCCC2)n1.Cl.Cl. The number of nitrogens with one attached hydrogen (secondary N) is 2. The second kappa shape index (κ2) is 9.47. The van der Waals surface area contributed by atoms with Gasteiger partial charge in [0.25, 0.3) is 0 Å². The van der Waals surface area contributed by atoms with E-state index in [1.807, 2.05) is 18.7 Å². The van der Waals surface area contributed by atoms with Gasteiger partial charge in [-0.1, -0.05) is 12.8 Å². The number of carbonyl (C=O) groups is 1. The summed E-state index contributed by atoms with van der Waals surface area (Å²) in [5, 5.41) is 9.94. The maximum absolute atomic E-state index is 12.5. The highest BCUT2D eigenvalue weighted by molar-refractivity contribution is 7.99. The third-order valence-corrected chi connectivity index (χ3v) is 6.59. The van der Waals surface area contributed by atoms with Crippen molar-refractivity contribution in [2.75, 3.05) is 18.1 Å². The Bertz CT molecular complexity index is 501. The highest BCUT2D eigenvalue weighted by atomic mass is 35.5. The zero-order chi connectivity index (χ0) is 14.7. The van der Waals surface area contributed by atoms with Crippen LogP contribution in [0.3, 0.4) is 0 Å². The smallest absolute Gasteiger partial charge is 0.222 e. The third kappa shape index (κ3) is 5.23. The molecular formula is C15H25Cl2N3OS2. The zero-order valence-electron chi connectivity index (χ0n) is 13.3. The standard InChI is InChI=1S/C15H23N3OS2.2ClH/c1-11-9-21-14(17-11)15(4-2-3-5-15)18-13(19)8-12-10-20-7-6-16-12;;/h9,12,16H,2-8,10H2,1H3,(H,18,19);2*1H. The number of aryl methyl sites for hydroxylation is 1. The molecule has 1 aromatic rings. The molecule has 0 aromatic carbocycles. The van der Waals surface area contributed by atoms with E-state index in [0.717, 1.165) is 41.6 Å². The number of hydrogen-bond acceptors (Lipinski definition) is 5. The number of thioether (sulfide) groups is 1. The van der Waals surface area contributed by atoms with Crippen molar-refractivity contribution in [2.45, 2.75) is 50.6 Å². The highest BCUT2D eigenvalue weighted by Crippen LogP contribution is 2.40. The molecule has 2 heterocycles. The molecule has 1 aromatic heterocycles. The van der Waals surface area contributed by atoms with E-state index in [4.69, 9.17) is 0 Å². The molecule has 1 aliphatic heterocycles. The van der Waals surface area contributed by atoms with Crippen LogP contribution in [0, 0.1) is 6.92 Å². The first-order chi connectivity index (χ1) is 10.2. The van der Waals surface area contributed by atoms with Gasteiger partial charge in [-0.15, -0.1) is 36.2 Å². The number of amides is 1. The van der Waals surface area contributed by atoms with E-state index in [0.29, 0.717) is 12.5 Å². The lowest BCUT2D eigenvalue weighted by Crippen LogP contribution is -2.47. The fraction of sp³-hybridized carbons (Fsp3) is 0.733. The Balaban J connectivity index is 0.00000132. The summed E-state index contributed by atoms with van der Waals surface area (Å²) < 4.78 is 0. The lowest BCUT2D eigenvalue weighted by atomic mass is 9.97. The summed E-state index contributed by atoms with van der Waals surface area (Å²) in [5.74, 6) is 2.36. The molecule has 1 unspecified atom stereocenters. The molecule has 1 saturated carbocycles. The molecule has 23 heavy (non-hydrogen) atoms. The van der Waals surface area contributed by atoms with Crippen LogP contribution < -0.4 is 10.6 Å². The van der Waals surface area contributed by atoms with Crippen molar-refractivity contribution in [1.29, 1.82) is 0 Å². The lowest BCUT2D eigenvalue weighted by molar-refractivity contribution is -0.123. The van der Waals surface area contributed by atoms with E-state index in [1.54, 1.807) is 11.3 Å². The highest BCUT2D eigenvalue weighted by Gasteiger charge is 2.39. The molecule has 1 atom stereocenters. The zero-order valence-corrected chi connectivity index (χ0v) is 16.6. The van der Waals surface area contributed by atoms with Gasteiger partial charge in [-0.2, -0.15) is 11.8 Å². The Labute approximate surface area is 158 Å². The lowest BCUT2D eigenvalue weighted by Gasteiger charge is -2.30. The van der Waals surface area contributed by atoms with Crippen LogP contribution in [0.1, 0.15) is 42.8 Å². The van der Waals surface area contributed by atoms with Crippen LogP contribution in [0.4, 0.5) is 0 Å². The minimum atomic E-state index is -0.197. The van der Waals surface area contributed by atoms with E-state index >= 15 is 0 Å². The van der Waals surface area contributed by atoms with Crippen molar-refractivity contribution in [3.8, 4) is 0 Å². The van der Waals surface area contributed by atoms with Crippen molar-refractivity contribution >= 4 is 53.8 Å². The molecule has 2 N–H and O–H groups in total. The van der Waals surface area contributed by atoms with Gasteiger partial charge in [0.05, 0.1) is 5.54 Å². The molecule has 0 radical (unpaired) electrons. The van der Waals surface area contributed by atoms with Crippen LogP contribution in [0.5, 0.6) is 0 Å². The molecule has 132 valence electrons. The first kappa shape index (κ1) is 21.0. The van der Waals surface area contributed by atoms with Gasteiger partial charge in [0.15, 0.2) is 0 Å². The van der Waals surface area contributed by atoms with Crippen LogP contribution in [0.25, 0.3) is 0 Å². The first-order valence-corrected chi connectivity index (χ1v) is 9.76. The summed E-state index contributed by atoms with van der Waals surface area (Å²) in [7, 11) is 0. The second-order valence-electron chi connectivity index (χ2n) is 6.06. The number of halogens is 2. The number of hydrogen-bond donors (Lipinski definition) is 2. The molecule has 1 amide bonds. The number of carbonyl (C=O) groups excluding carboxylic acids is 1. The van der Waals surface area contributed by atoms with Crippen LogP contribution in [-0.2, 0) is 10.3 Å². The molecule has 1 saturated heterocycles. The molecule has 0 bridgehead atoms. The number of nitrogens with zero attached hydrogens (tertiary/aromatic N) is 1. The van der Waals surface area contributed by atoms with Crippen LogP contribution in [-0.4, -0.2) is 35.0 Å². The molecule has 8 heteroatoms. The molecule has 0 spiro atoms. The summed E-state index contributed by atoms with van der Waals surface area (Å²) in [6.45, 7) is 3.03. The van der Waals surface area contributed by atoms with Crippen molar-refractivity contribution in [2.24, 2.45) is 0 Å². The van der Waals surface area contributed by atoms with Crippen molar-refractivity contribution in [3.63, 3.8) is 0 Å². The van der Waals surface area contributed by atoms with Crippen molar-refractivity contribution in [1.82, 2.24) is 15.6 Å². The molecule has 2 aliphatic rings. The van der Waals surface area contributed by atoms with Gasteiger partial charge in [0, 0.05) is 41.6 Å². The first-order valence-electron chi connectivity index (χ1n) is 7.73. The van der Waals surface area contributed by atoms with Gasteiger partial charge in [0.1, 0.15) is 5.01 Å². The minimum Gasteiger partial charge on any atom is -0.344 e. The fourth-order valence-corrected chi connectivity index (χ4v) is 5.20. The average Bonchev–Trinajstić information content (AvgIpc) is 3.10. The maximum atomic E-state index is 12.5. The molecule has 1 aliphatic carbocycles. The number of aromatic nitrogens is 1. The second-order valence-corrected chi connectivity index (χ2v) is 8.07. The Morgan fingerprint density at radius 3 is 2.74 bits per heavy atom. The van der Waals surface area contributed by atoms with E-state index in [1.165, 1.54) is 12.8 Å². The summed E-state index contributed by atoms with van der Waals surface area (Å²) in [4.78, 5) is 17.1. The van der Waals surface area contributed by atoms with Gasteiger partial charge >= 0.3 is 0 Å². The summed E-state index contributed by atoms with van der Waals surface area (Å²) in [5.41, 5.74) is 0.860. The summed E-state index contributed by atoms with van der Waals surface area (Å²) in [6.07, 6.45) is 4.99. The molecule has 2 fully saturated rings. The van der Waals surface area contributed by atoms with Gasteiger partial charge < -0.3 is 10.6 Å². The summed E-state index contributed by atoms with van der Waals surface area (Å²) >= 11 is 3.62. The molecule has 4 nitrogen and oxygen atoms in total. The van der Waals surface area contributed by atoms with Crippen LogP contribution in [0.15, 0.2) is 5.38 Å². The van der Waals surface area contributed by atoms with Gasteiger partial charge in [-0.3, -0.25) is 4.79 Å². The Morgan fingerprint density at radius 1 is 1.43 bits per heavy atom. The van der Waals surface area contributed by atoms with E-state index in [-0.39, 0.29) is 36.3 Å². The largest absolute Gasteiger partial charge is 0.344 e. The normalized spacial score (nSPS) is 22.7. The average molecular weight is 398 g/mol. The fourth-order valence-electron chi connectivity index (χ4n) is 3.24. The van der Waals surface area contributed by atoms with Crippen molar-refractivity contribution < 1.29 is 4.79 Å². The Kier molecular flexibility index (Phi) is 8.66. The Hall–Kier alpha value is -0.0100. The quantitative estimate of drug-likeness (QED) is 0.818. The van der Waals surface area contributed by atoms with Crippen molar-refractivity contribution in [3.05, 3.63) is 16.1 Å². The Morgan fingerprint density at radius 2 is 2.17 bits per heavy atom. The monoisotopic (exact) mass is 397 g/mol. The van der Waals surface area contributed by atoms with E-state index in [2.05, 4.69) is 21.0 Å². The maximum Gasteiger partial charge on any atom is 0.222 e.